The van der Waals surface area contributed by atoms with Crippen LogP contribution >= 0.6 is 15.9 Å². The molecule has 1 aliphatic rings. The number of halogens is 1. The van der Waals surface area contributed by atoms with E-state index >= 15 is 0 Å². The number of hydrogen-bond donors (Lipinski definition) is 1. The highest BCUT2D eigenvalue weighted by atomic mass is 79.9. The summed E-state index contributed by atoms with van der Waals surface area (Å²) < 4.78 is 2.56. The van der Waals surface area contributed by atoms with E-state index in [1.807, 2.05) is 24.3 Å². The van der Waals surface area contributed by atoms with Gasteiger partial charge in [0.2, 0.25) is 0 Å². The quantitative estimate of drug-likeness (QED) is 0.892. The van der Waals surface area contributed by atoms with Gasteiger partial charge in [0.1, 0.15) is 5.69 Å². The molecule has 2 aromatic rings. The fourth-order valence-corrected chi connectivity index (χ4v) is 3.40. The smallest absolute Gasteiger partial charge is 0.312 e. The summed E-state index contributed by atoms with van der Waals surface area (Å²) in [4.78, 5) is 25.8. The molecule has 1 aliphatic heterocycles. The van der Waals surface area contributed by atoms with Gasteiger partial charge in [0.15, 0.2) is 0 Å². The van der Waals surface area contributed by atoms with Crippen molar-refractivity contribution in [2.75, 3.05) is 6.54 Å². The van der Waals surface area contributed by atoms with E-state index in [1.54, 1.807) is 28.8 Å². The van der Waals surface area contributed by atoms with Gasteiger partial charge in [0, 0.05) is 30.8 Å². The van der Waals surface area contributed by atoms with E-state index in [1.165, 1.54) is 0 Å². The zero-order valence-electron chi connectivity index (χ0n) is 12.0. The second kappa shape index (κ2) is 5.61. The number of benzene rings is 1. The van der Waals surface area contributed by atoms with Crippen LogP contribution < -0.4 is 0 Å². The minimum Gasteiger partial charge on any atom is -0.481 e. The van der Waals surface area contributed by atoms with E-state index in [4.69, 9.17) is 0 Å². The van der Waals surface area contributed by atoms with E-state index in [0.717, 1.165) is 15.6 Å². The Morgan fingerprint density at radius 1 is 1.32 bits per heavy atom. The summed E-state index contributed by atoms with van der Waals surface area (Å²) >= 11 is 3.35. The van der Waals surface area contributed by atoms with Crippen molar-refractivity contribution in [3.8, 4) is 0 Å². The van der Waals surface area contributed by atoms with Crippen LogP contribution in [0.2, 0.25) is 0 Å². The van der Waals surface area contributed by atoms with E-state index in [9.17, 15) is 14.7 Å². The van der Waals surface area contributed by atoms with Gasteiger partial charge < -0.3 is 14.6 Å². The van der Waals surface area contributed by atoms with Gasteiger partial charge in [-0.2, -0.15) is 0 Å². The zero-order chi connectivity index (χ0) is 15.9. The number of fused-ring (bicyclic) bond motifs is 1. The number of carboxylic acids is 1. The van der Waals surface area contributed by atoms with E-state index in [-0.39, 0.29) is 12.5 Å². The molecular weight excluding hydrogens is 348 g/mol. The summed E-state index contributed by atoms with van der Waals surface area (Å²) in [6, 6.07) is 9.16. The van der Waals surface area contributed by atoms with Crippen LogP contribution in [0.15, 0.2) is 41.0 Å². The molecule has 1 amide bonds. The molecule has 0 spiro atoms. The highest BCUT2D eigenvalue weighted by molar-refractivity contribution is 9.10. The summed E-state index contributed by atoms with van der Waals surface area (Å²) in [5.41, 5.74) is 2.23. The van der Waals surface area contributed by atoms with Crippen molar-refractivity contribution in [1.29, 1.82) is 0 Å². The summed E-state index contributed by atoms with van der Waals surface area (Å²) in [6.45, 7) is 0.621. The first-order valence-electron chi connectivity index (χ1n) is 6.89. The first kappa shape index (κ1) is 14.8. The van der Waals surface area contributed by atoms with Gasteiger partial charge in [-0.15, -0.1) is 0 Å². The molecule has 1 unspecified atom stereocenters. The molecule has 2 heterocycles. The average molecular weight is 363 g/mol. The average Bonchev–Trinajstić information content (AvgIpc) is 2.83. The van der Waals surface area contributed by atoms with Crippen LogP contribution in [0.3, 0.4) is 0 Å². The van der Waals surface area contributed by atoms with Crippen molar-refractivity contribution >= 4 is 27.8 Å². The molecule has 1 atom stereocenters. The molecule has 3 rings (SSSR count). The lowest BCUT2D eigenvalue weighted by Crippen LogP contribution is -2.41. The molecule has 114 valence electrons. The molecule has 1 N–H and O–H groups in total. The topological polar surface area (TPSA) is 62.5 Å². The van der Waals surface area contributed by atoms with Gasteiger partial charge in [-0.05, 0) is 33.1 Å². The van der Waals surface area contributed by atoms with Gasteiger partial charge in [-0.3, -0.25) is 9.59 Å². The van der Waals surface area contributed by atoms with Crippen LogP contribution in [-0.2, 0) is 18.4 Å². The minimum absolute atomic E-state index is 0.158. The number of carboxylic acid groups (broad SMARTS) is 1. The normalized spacial score (nSPS) is 17.2. The van der Waals surface area contributed by atoms with Crippen LogP contribution in [0.5, 0.6) is 0 Å². The Bertz CT molecular complexity index is 754. The Morgan fingerprint density at radius 2 is 2.05 bits per heavy atom. The Hall–Kier alpha value is -2.08. The maximum absolute atomic E-state index is 12.7. The summed E-state index contributed by atoms with van der Waals surface area (Å²) in [5, 5.41) is 9.46. The standard InChI is InChI=1S/C16H15BrN2O3/c1-18-8-11(17)6-14(18)15(20)19-7-10-4-2-3-5-12(10)13(9-19)16(21)22/h2-6,8,13H,7,9H2,1H3,(H,21,22). The van der Waals surface area contributed by atoms with Crippen LogP contribution in [0, 0.1) is 0 Å². The van der Waals surface area contributed by atoms with Gasteiger partial charge in [0.05, 0.1) is 5.92 Å². The third-order valence-electron chi connectivity index (χ3n) is 3.97. The van der Waals surface area contributed by atoms with E-state index < -0.39 is 11.9 Å². The lowest BCUT2D eigenvalue weighted by Gasteiger charge is -2.32. The van der Waals surface area contributed by atoms with Crippen LogP contribution in [-0.4, -0.2) is 33.0 Å². The molecule has 0 fully saturated rings. The van der Waals surface area contributed by atoms with Gasteiger partial charge in [-0.25, -0.2) is 0 Å². The zero-order valence-corrected chi connectivity index (χ0v) is 13.6. The number of rotatable bonds is 2. The summed E-state index contributed by atoms with van der Waals surface area (Å²) in [6.07, 6.45) is 1.81. The lowest BCUT2D eigenvalue weighted by molar-refractivity contribution is -0.139. The fraction of sp³-hybridized carbons (Fsp3) is 0.250. The van der Waals surface area contributed by atoms with Crippen molar-refractivity contribution < 1.29 is 14.7 Å². The molecule has 0 saturated heterocycles. The first-order chi connectivity index (χ1) is 10.5. The van der Waals surface area contributed by atoms with Gasteiger partial charge in [-0.1, -0.05) is 24.3 Å². The van der Waals surface area contributed by atoms with Gasteiger partial charge >= 0.3 is 5.97 Å². The van der Waals surface area contributed by atoms with E-state index in [0.29, 0.717) is 12.2 Å². The van der Waals surface area contributed by atoms with Crippen molar-refractivity contribution in [3.63, 3.8) is 0 Å². The SMILES string of the molecule is Cn1cc(Br)cc1C(=O)N1Cc2ccccc2C(C(=O)O)C1. The molecule has 22 heavy (non-hydrogen) atoms. The molecule has 0 aliphatic carbocycles. The van der Waals surface area contributed by atoms with Crippen LogP contribution in [0.1, 0.15) is 27.5 Å². The largest absolute Gasteiger partial charge is 0.481 e. The summed E-state index contributed by atoms with van der Waals surface area (Å²) in [5.74, 6) is -1.75. The molecule has 5 nitrogen and oxygen atoms in total. The van der Waals surface area contributed by atoms with Crippen LogP contribution in [0.4, 0.5) is 0 Å². The van der Waals surface area contributed by atoms with Crippen molar-refractivity contribution in [2.24, 2.45) is 7.05 Å². The molecule has 1 aromatic heterocycles. The molecule has 0 saturated carbocycles. The number of carbonyl (C=O) groups excluding carboxylic acids is 1. The lowest BCUT2D eigenvalue weighted by atomic mass is 9.89. The number of aryl methyl sites for hydroxylation is 1. The van der Waals surface area contributed by atoms with Crippen LogP contribution in [0.25, 0.3) is 0 Å². The first-order valence-corrected chi connectivity index (χ1v) is 7.68. The number of carbonyl (C=O) groups is 2. The Balaban J connectivity index is 1.95. The highest BCUT2D eigenvalue weighted by Gasteiger charge is 2.33. The third-order valence-corrected chi connectivity index (χ3v) is 4.40. The number of aromatic nitrogens is 1. The fourth-order valence-electron chi connectivity index (χ4n) is 2.87. The van der Waals surface area contributed by atoms with Crippen molar-refractivity contribution in [2.45, 2.75) is 12.5 Å². The molecule has 0 bridgehead atoms. The van der Waals surface area contributed by atoms with Crippen molar-refractivity contribution in [1.82, 2.24) is 9.47 Å². The predicted octanol–water partition coefficient (Wildman–Crippen LogP) is 2.61. The molecule has 0 radical (unpaired) electrons. The molecule has 6 heteroatoms. The Kier molecular flexibility index (Phi) is 3.78. The maximum Gasteiger partial charge on any atom is 0.312 e. The number of amides is 1. The molecule has 1 aromatic carbocycles. The maximum atomic E-state index is 12.7. The monoisotopic (exact) mass is 362 g/mol. The Morgan fingerprint density at radius 3 is 2.68 bits per heavy atom. The third kappa shape index (κ3) is 2.54. The second-order valence-corrected chi connectivity index (χ2v) is 6.35. The number of aliphatic carboxylic acids is 1. The van der Waals surface area contributed by atoms with Gasteiger partial charge in [0.25, 0.3) is 5.91 Å². The highest BCUT2D eigenvalue weighted by Crippen LogP contribution is 2.29. The molecular formula is C16H15BrN2O3. The van der Waals surface area contributed by atoms with Crippen molar-refractivity contribution in [3.05, 3.63) is 57.8 Å². The minimum atomic E-state index is -0.905. The predicted molar refractivity (Wildman–Crippen MR) is 84.7 cm³/mol. The number of nitrogens with zero attached hydrogens (tertiary/aromatic N) is 2. The summed E-state index contributed by atoms with van der Waals surface area (Å²) in [7, 11) is 1.80. The number of hydrogen-bond acceptors (Lipinski definition) is 2. The second-order valence-electron chi connectivity index (χ2n) is 5.43. The van der Waals surface area contributed by atoms with E-state index in [2.05, 4.69) is 15.9 Å². The Labute approximate surface area is 136 Å².